The Balaban J connectivity index is 1.77. The van der Waals surface area contributed by atoms with Crippen LogP contribution in [0.5, 0.6) is 0 Å². The zero-order valence-corrected chi connectivity index (χ0v) is 17.6. The number of nitrogens with zero attached hydrogens (tertiary/aromatic N) is 5. The zero-order chi connectivity index (χ0) is 22.2. The quantitative estimate of drug-likeness (QED) is 0.446. The number of carbonyl (C=O) groups is 1. The van der Waals surface area contributed by atoms with E-state index in [1.54, 1.807) is 0 Å². The van der Waals surface area contributed by atoms with E-state index >= 15 is 0 Å². The van der Waals surface area contributed by atoms with Gasteiger partial charge in [0.05, 0.1) is 22.2 Å². The SMILES string of the molecule is Cc1cc(C)n(-c2nnc(SC(C)C(=O)Nc3ccc(Cl)cc3C(F)(F)F)n2N)n1. The number of nitrogens with two attached hydrogens (primary N) is 1. The van der Waals surface area contributed by atoms with Crippen molar-refractivity contribution in [1.82, 2.24) is 24.7 Å². The van der Waals surface area contributed by atoms with Crippen LogP contribution in [-0.4, -0.2) is 35.8 Å². The Kier molecular flexibility index (Phi) is 5.99. The Morgan fingerprint density at radius 2 is 1.97 bits per heavy atom. The van der Waals surface area contributed by atoms with Gasteiger partial charge in [-0.1, -0.05) is 23.4 Å². The van der Waals surface area contributed by atoms with Gasteiger partial charge in [0.1, 0.15) is 0 Å². The van der Waals surface area contributed by atoms with E-state index < -0.39 is 22.9 Å². The second kappa shape index (κ2) is 8.19. The first kappa shape index (κ1) is 22.0. The number of aromatic nitrogens is 5. The molecule has 1 amide bonds. The summed E-state index contributed by atoms with van der Waals surface area (Å²) in [6, 6.07) is 4.96. The largest absolute Gasteiger partial charge is 0.418 e. The highest BCUT2D eigenvalue weighted by molar-refractivity contribution is 8.00. The van der Waals surface area contributed by atoms with Gasteiger partial charge in [-0.15, -0.1) is 10.2 Å². The van der Waals surface area contributed by atoms with Gasteiger partial charge in [-0.2, -0.15) is 18.3 Å². The molecule has 2 aromatic heterocycles. The number of amides is 1. The monoisotopic (exact) mass is 459 g/mol. The van der Waals surface area contributed by atoms with Crippen LogP contribution in [0.1, 0.15) is 23.9 Å². The van der Waals surface area contributed by atoms with Gasteiger partial charge in [-0.3, -0.25) is 4.79 Å². The second-order valence-corrected chi connectivity index (χ2v) is 8.17. The van der Waals surface area contributed by atoms with Gasteiger partial charge in [0.25, 0.3) is 5.95 Å². The predicted octanol–water partition coefficient (Wildman–Crippen LogP) is 3.59. The number of nitrogen functional groups attached to an aromatic ring is 1. The Hall–Kier alpha value is -2.73. The molecule has 30 heavy (non-hydrogen) atoms. The molecule has 8 nitrogen and oxygen atoms in total. The van der Waals surface area contributed by atoms with Crippen LogP contribution in [0.4, 0.5) is 18.9 Å². The maximum absolute atomic E-state index is 13.2. The third kappa shape index (κ3) is 4.54. The van der Waals surface area contributed by atoms with E-state index in [2.05, 4.69) is 20.6 Å². The number of hydrogen-bond donors (Lipinski definition) is 2. The van der Waals surface area contributed by atoms with E-state index in [9.17, 15) is 18.0 Å². The molecule has 0 radical (unpaired) electrons. The lowest BCUT2D eigenvalue weighted by molar-refractivity contribution is -0.137. The number of thioether (sulfide) groups is 1. The molecule has 1 unspecified atom stereocenters. The number of hydrogen-bond acceptors (Lipinski definition) is 6. The Morgan fingerprint density at radius 3 is 2.57 bits per heavy atom. The molecule has 0 saturated heterocycles. The average molecular weight is 460 g/mol. The maximum Gasteiger partial charge on any atom is 0.418 e. The van der Waals surface area contributed by atoms with Crippen molar-refractivity contribution < 1.29 is 18.0 Å². The standard InChI is InChI=1S/C17H17ClF3N7OS/c1-8-6-9(2)28(26-8)15-24-25-16(27(15)22)30-10(3)14(29)23-13-5-4-11(18)7-12(13)17(19,20)21/h4-7,10H,22H2,1-3H3,(H,23,29). The molecule has 0 aliphatic heterocycles. The van der Waals surface area contributed by atoms with Crippen LogP contribution < -0.4 is 11.2 Å². The average Bonchev–Trinajstić information content (AvgIpc) is 3.17. The van der Waals surface area contributed by atoms with Gasteiger partial charge < -0.3 is 11.2 Å². The van der Waals surface area contributed by atoms with Gasteiger partial charge in [-0.25, -0.2) is 9.36 Å². The summed E-state index contributed by atoms with van der Waals surface area (Å²) in [4.78, 5) is 12.5. The lowest BCUT2D eigenvalue weighted by Crippen LogP contribution is -2.25. The van der Waals surface area contributed by atoms with Crippen LogP contribution in [0, 0.1) is 13.8 Å². The minimum Gasteiger partial charge on any atom is -0.334 e. The molecule has 13 heteroatoms. The predicted molar refractivity (Wildman–Crippen MR) is 107 cm³/mol. The maximum atomic E-state index is 13.2. The highest BCUT2D eigenvalue weighted by Gasteiger charge is 2.34. The first-order chi connectivity index (χ1) is 14.0. The van der Waals surface area contributed by atoms with Crippen molar-refractivity contribution in [2.75, 3.05) is 11.2 Å². The summed E-state index contributed by atoms with van der Waals surface area (Å²) < 4.78 is 42.3. The van der Waals surface area contributed by atoms with Gasteiger partial charge in [0.15, 0.2) is 0 Å². The topological polar surface area (TPSA) is 104 Å². The summed E-state index contributed by atoms with van der Waals surface area (Å²) in [5.74, 6) is 5.61. The summed E-state index contributed by atoms with van der Waals surface area (Å²) in [7, 11) is 0. The summed E-state index contributed by atoms with van der Waals surface area (Å²) in [6.45, 7) is 5.15. The molecular formula is C17H17ClF3N7OS. The molecule has 0 aliphatic carbocycles. The van der Waals surface area contributed by atoms with Crippen LogP contribution in [0.3, 0.4) is 0 Å². The lowest BCUT2D eigenvalue weighted by Gasteiger charge is -2.16. The van der Waals surface area contributed by atoms with Crippen molar-refractivity contribution in [1.29, 1.82) is 0 Å². The fraction of sp³-hybridized carbons (Fsp3) is 0.294. The molecule has 2 heterocycles. The third-order valence-electron chi connectivity index (χ3n) is 4.04. The van der Waals surface area contributed by atoms with Crippen LogP contribution in [0.15, 0.2) is 29.4 Å². The van der Waals surface area contributed by atoms with E-state index in [1.807, 2.05) is 19.9 Å². The number of benzene rings is 1. The molecule has 160 valence electrons. The minimum absolute atomic E-state index is 0.0874. The van der Waals surface area contributed by atoms with E-state index in [1.165, 1.54) is 17.7 Å². The van der Waals surface area contributed by atoms with Gasteiger partial charge in [-0.05, 0) is 45.0 Å². The Morgan fingerprint density at radius 1 is 1.27 bits per heavy atom. The molecule has 1 aromatic carbocycles. The highest BCUT2D eigenvalue weighted by atomic mass is 35.5. The molecule has 0 saturated carbocycles. The van der Waals surface area contributed by atoms with E-state index in [0.717, 1.165) is 40.0 Å². The van der Waals surface area contributed by atoms with E-state index in [4.69, 9.17) is 17.4 Å². The Bertz CT molecular complexity index is 1100. The molecule has 3 aromatic rings. The van der Waals surface area contributed by atoms with Crippen LogP contribution in [0.25, 0.3) is 5.95 Å². The molecule has 1 atom stereocenters. The van der Waals surface area contributed by atoms with Crippen molar-refractivity contribution >= 4 is 35.0 Å². The highest BCUT2D eigenvalue weighted by Crippen LogP contribution is 2.37. The molecular weight excluding hydrogens is 443 g/mol. The van der Waals surface area contributed by atoms with E-state index in [0.29, 0.717) is 0 Å². The number of rotatable bonds is 5. The van der Waals surface area contributed by atoms with Crippen molar-refractivity contribution in [2.24, 2.45) is 0 Å². The van der Waals surface area contributed by atoms with Crippen molar-refractivity contribution in [3.05, 3.63) is 46.2 Å². The minimum atomic E-state index is -4.67. The zero-order valence-electron chi connectivity index (χ0n) is 16.0. The van der Waals surface area contributed by atoms with E-state index in [-0.39, 0.29) is 21.8 Å². The Labute approximate surface area is 178 Å². The van der Waals surface area contributed by atoms with Crippen molar-refractivity contribution in [2.45, 2.75) is 37.4 Å². The number of carbonyl (C=O) groups excluding carboxylic acids is 1. The summed E-state index contributed by atoms with van der Waals surface area (Å²) in [6.07, 6.45) is -4.67. The number of halogens is 4. The first-order valence-electron chi connectivity index (χ1n) is 8.55. The van der Waals surface area contributed by atoms with Crippen LogP contribution in [-0.2, 0) is 11.0 Å². The van der Waals surface area contributed by atoms with Gasteiger partial charge in [0, 0.05) is 10.7 Å². The van der Waals surface area contributed by atoms with Gasteiger partial charge in [0.2, 0.25) is 11.1 Å². The lowest BCUT2D eigenvalue weighted by atomic mass is 10.1. The fourth-order valence-corrected chi connectivity index (χ4v) is 3.57. The third-order valence-corrected chi connectivity index (χ3v) is 5.33. The van der Waals surface area contributed by atoms with Crippen LogP contribution in [0.2, 0.25) is 5.02 Å². The molecule has 0 spiro atoms. The molecule has 0 bridgehead atoms. The first-order valence-corrected chi connectivity index (χ1v) is 9.81. The number of aryl methyl sites for hydroxylation is 2. The molecule has 0 fully saturated rings. The number of nitrogens with one attached hydrogen (secondary N) is 1. The number of anilines is 1. The molecule has 0 aliphatic rings. The number of alkyl halides is 3. The smallest absolute Gasteiger partial charge is 0.334 e. The fourth-order valence-electron chi connectivity index (χ4n) is 2.63. The van der Waals surface area contributed by atoms with Gasteiger partial charge >= 0.3 is 6.18 Å². The van der Waals surface area contributed by atoms with Crippen LogP contribution >= 0.6 is 23.4 Å². The van der Waals surface area contributed by atoms with Crippen molar-refractivity contribution in [3.8, 4) is 5.95 Å². The molecule has 3 rings (SSSR count). The summed E-state index contributed by atoms with van der Waals surface area (Å²) in [5, 5.41) is 13.8. The molecule has 3 N–H and O–H groups in total. The normalized spacial score (nSPS) is 12.8. The second-order valence-electron chi connectivity index (χ2n) is 6.43. The van der Waals surface area contributed by atoms with Crippen molar-refractivity contribution in [3.63, 3.8) is 0 Å². The summed E-state index contributed by atoms with van der Waals surface area (Å²) >= 11 is 6.60. The summed E-state index contributed by atoms with van der Waals surface area (Å²) in [5.41, 5.74) is 0.133.